The molecule has 0 unspecified atom stereocenters. The van der Waals surface area contributed by atoms with Gasteiger partial charge in [-0.1, -0.05) is 84.9 Å². The molecule has 0 fully saturated rings. The van der Waals surface area contributed by atoms with E-state index >= 15 is 0 Å². The zero-order valence-electron chi connectivity index (χ0n) is 16.2. The van der Waals surface area contributed by atoms with Crippen molar-refractivity contribution in [2.45, 2.75) is 0 Å². The van der Waals surface area contributed by atoms with Crippen LogP contribution in [0.4, 0.5) is 0 Å². The molecule has 0 bridgehead atoms. The average molecular weight is 392 g/mol. The number of nitrogens with one attached hydrogen (secondary N) is 2. The number of amides is 2. The highest BCUT2D eigenvalue weighted by Gasteiger charge is 2.07. The van der Waals surface area contributed by atoms with Crippen LogP contribution in [-0.2, 0) is 4.79 Å². The van der Waals surface area contributed by atoms with Crippen LogP contribution in [0.5, 0.6) is 0 Å². The normalized spacial score (nSPS) is 10.8. The summed E-state index contributed by atoms with van der Waals surface area (Å²) in [6.07, 6.45) is 3.14. The van der Waals surface area contributed by atoms with Crippen LogP contribution in [0.15, 0.2) is 103 Å². The minimum atomic E-state index is -0.405. The van der Waals surface area contributed by atoms with Crippen molar-refractivity contribution >= 4 is 28.7 Å². The van der Waals surface area contributed by atoms with E-state index in [0.717, 1.165) is 27.5 Å². The Labute approximate surface area is 174 Å². The number of carbonyl (C=O) groups excluding carboxylic acids is 2. The predicted molar refractivity (Wildman–Crippen MR) is 120 cm³/mol. The van der Waals surface area contributed by atoms with Gasteiger partial charge in [-0.2, -0.15) is 0 Å². The summed E-state index contributed by atoms with van der Waals surface area (Å²) in [6, 6.07) is 31.0. The van der Waals surface area contributed by atoms with Gasteiger partial charge in [-0.25, -0.2) is 0 Å². The molecule has 2 N–H and O–H groups in total. The maximum atomic E-state index is 12.3. The van der Waals surface area contributed by atoms with Crippen LogP contribution in [0.25, 0.3) is 28.0 Å². The van der Waals surface area contributed by atoms with Crippen LogP contribution in [-0.4, -0.2) is 11.8 Å². The quantitative estimate of drug-likeness (QED) is 0.380. The second-order valence-corrected chi connectivity index (χ2v) is 6.79. The molecule has 2 amide bonds. The van der Waals surface area contributed by atoms with E-state index in [2.05, 4.69) is 10.9 Å². The number of hydrazine groups is 1. The highest BCUT2D eigenvalue weighted by Crippen LogP contribution is 2.20. The lowest BCUT2D eigenvalue weighted by Crippen LogP contribution is -2.40. The molecule has 4 rings (SSSR count). The predicted octanol–water partition coefficient (Wildman–Crippen LogP) is 4.98. The van der Waals surface area contributed by atoms with E-state index in [1.807, 2.05) is 84.9 Å². The van der Waals surface area contributed by atoms with Gasteiger partial charge in [0.15, 0.2) is 0 Å². The lowest BCUT2D eigenvalue weighted by molar-refractivity contribution is -0.117. The molecule has 4 aromatic rings. The second-order valence-electron chi connectivity index (χ2n) is 6.79. The van der Waals surface area contributed by atoms with Gasteiger partial charge < -0.3 is 0 Å². The van der Waals surface area contributed by atoms with E-state index in [4.69, 9.17) is 0 Å². The molecule has 0 aromatic heterocycles. The van der Waals surface area contributed by atoms with E-state index in [0.29, 0.717) is 5.56 Å². The fourth-order valence-corrected chi connectivity index (χ4v) is 3.24. The topological polar surface area (TPSA) is 58.2 Å². The third kappa shape index (κ3) is 4.45. The average Bonchev–Trinajstić information content (AvgIpc) is 2.82. The number of fused-ring (bicyclic) bond motifs is 1. The largest absolute Gasteiger partial charge is 0.269 e. The molecule has 0 heterocycles. The first-order valence-corrected chi connectivity index (χ1v) is 9.62. The molecule has 0 aliphatic carbocycles. The first kappa shape index (κ1) is 19.2. The van der Waals surface area contributed by atoms with Crippen molar-refractivity contribution in [1.29, 1.82) is 0 Å². The van der Waals surface area contributed by atoms with Crippen LogP contribution in [0.1, 0.15) is 15.9 Å². The minimum Gasteiger partial charge on any atom is -0.268 e. The zero-order valence-corrected chi connectivity index (χ0v) is 16.2. The molecule has 0 saturated carbocycles. The van der Waals surface area contributed by atoms with Gasteiger partial charge in [0.1, 0.15) is 0 Å². The smallest absolute Gasteiger partial charge is 0.268 e. The standard InChI is InChI=1S/C26H20N2O2/c29-25(18-17-22-11-6-10-21-9-4-5-12-24(21)22)27-28-26(30)23-15-13-20(14-16-23)19-7-2-1-3-8-19/h1-18H,(H,27,29)(H,28,30). The van der Waals surface area contributed by atoms with Gasteiger partial charge in [0, 0.05) is 11.6 Å². The monoisotopic (exact) mass is 392 g/mol. The highest BCUT2D eigenvalue weighted by atomic mass is 16.2. The SMILES string of the molecule is O=C(C=Cc1cccc2ccccc12)NNC(=O)c1ccc(-c2ccccc2)cc1. The third-order valence-corrected chi connectivity index (χ3v) is 4.79. The first-order valence-electron chi connectivity index (χ1n) is 9.62. The zero-order chi connectivity index (χ0) is 20.8. The number of hydrogen-bond acceptors (Lipinski definition) is 2. The number of rotatable bonds is 4. The van der Waals surface area contributed by atoms with Crippen molar-refractivity contribution in [3.63, 3.8) is 0 Å². The minimum absolute atomic E-state index is 0.374. The molecule has 4 aromatic carbocycles. The third-order valence-electron chi connectivity index (χ3n) is 4.79. The fourth-order valence-electron chi connectivity index (χ4n) is 3.24. The number of hydrogen-bond donors (Lipinski definition) is 2. The van der Waals surface area contributed by atoms with E-state index in [-0.39, 0.29) is 5.91 Å². The van der Waals surface area contributed by atoms with Gasteiger partial charge in [0.25, 0.3) is 11.8 Å². The summed E-state index contributed by atoms with van der Waals surface area (Å²) in [4.78, 5) is 24.4. The molecule has 0 saturated heterocycles. The Hall–Kier alpha value is -4.18. The van der Waals surface area contributed by atoms with Crippen LogP contribution < -0.4 is 10.9 Å². The molecule has 0 radical (unpaired) electrons. The van der Waals surface area contributed by atoms with Crippen LogP contribution in [0.3, 0.4) is 0 Å². The molecule has 0 atom stereocenters. The molecule has 0 aliphatic heterocycles. The van der Waals surface area contributed by atoms with E-state index < -0.39 is 5.91 Å². The number of benzene rings is 4. The lowest BCUT2D eigenvalue weighted by Gasteiger charge is -2.07. The summed E-state index contributed by atoms with van der Waals surface area (Å²) < 4.78 is 0. The van der Waals surface area contributed by atoms with Gasteiger partial charge in [-0.05, 0) is 45.7 Å². The Balaban J connectivity index is 1.36. The Morgan fingerprint density at radius 1 is 0.633 bits per heavy atom. The lowest BCUT2D eigenvalue weighted by atomic mass is 10.0. The summed E-state index contributed by atoms with van der Waals surface area (Å²) in [5.74, 6) is -0.779. The van der Waals surface area contributed by atoms with E-state index in [1.165, 1.54) is 6.08 Å². The summed E-state index contributed by atoms with van der Waals surface area (Å²) in [7, 11) is 0. The van der Waals surface area contributed by atoms with Gasteiger partial charge in [0.05, 0.1) is 0 Å². The van der Waals surface area contributed by atoms with Crippen molar-refractivity contribution in [2.75, 3.05) is 0 Å². The van der Waals surface area contributed by atoms with Crippen molar-refractivity contribution in [1.82, 2.24) is 10.9 Å². The van der Waals surface area contributed by atoms with Gasteiger partial charge in [-0.3, -0.25) is 20.4 Å². The fraction of sp³-hybridized carbons (Fsp3) is 0. The van der Waals surface area contributed by atoms with Crippen molar-refractivity contribution in [2.24, 2.45) is 0 Å². The molecule has 30 heavy (non-hydrogen) atoms. The van der Waals surface area contributed by atoms with Crippen LogP contribution in [0.2, 0.25) is 0 Å². The molecular weight excluding hydrogens is 372 g/mol. The second kappa shape index (κ2) is 8.88. The van der Waals surface area contributed by atoms with Crippen molar-refractivity contribution in [3.05, 3.63) is 114 Å². The summed E-state index contributed by atoms with van der Waals surface area (Å²) in [5, 5.41) is 2.17. The maximum Gasteiger partial charge on any atom is 0.269 e. The molecule has 146 valence electrons. The summed E-state index contributed by atoms with van der Waals surface area (Å²) in [6.45, 7) is 0. The van der Waals surface area contributed by atoms with Gasteiger partial charge >= 0.3 is 0 Å². The van der Waals surface area contributed by atoms with E-state index in [9.17, 15) is 9.59 Å². The molecule has 4 nitrogen and oxygen atoms in total. The molecule has 0 aliphatic rings. The Morgan fingerprint density at radius 2 is 1.30 bits per heavy atom. The van der Waals surface area contributed by atoms with Gasteiger partial charge in [0.2, 0.25) is 0 Å². The number of carbonyl (C=O) groups is 2. The van der Waals surface area contributed by atoms with Crippen molar-refractivity contribution < 1.29 is 9.59 Å². The summed E-state index contributed by atoms with van der Waals surface area (Å²) in [5.41, 5.74) is 8.37. The summed E-state index contributed by atoms with van der Waals surface area (Å²) >= 11 is 0. The van der Waals surface area contributed by atoms with Crippen LogP contribution in [0, 0.1) is 0 Å². The van der Waals surface area contributed by atoms with E-state index in [1.54, 1.807) is 18.2 Å². The molecule has 4 heteroatoms. The molecule has 0 spiro atoms. The first-order chi connectivity index (χ1) is 14.7. The Bertz CT molecular complexity index is 1210. The Morgan fingerprint density at radius 3 is 2.10 bits per heavy atom. The molecular formula is C26H20N2O2. The highest BCUT2D eigenvalue weighted by molar-refractivity contribution is 5.99. The van der Waals surface area contributed by atoms with Gasteiger partial charge in [-0.15, -0.1) is 0 Å². The van der Waals surface area contributed by atoms with Crippen molar-refractivity contribution in [3.8, 4) is 11.1 Å². The van der Waals surface area contributed by atoms with Crippen LogP contribution >= 0.6 is 0 Å². The maximum absolute atomic E-state index is 12.3. The Kier molecular flexibility index (Phi) is 5.67.